The van der Waals surface area contributed by atoms with Crippen molar-refractivity contribution in [1.29, 1.82) is 5.41 Å². The van der Waals surface area contributed by atoms with Crippen LogP contribution in [0.3, 0.4) is 0 Å². The zero-order valence-corrected chi connectivity index (χ0v) is 10.9. The molecule has 0 saturated carbocycles. The van der Waals surface area contributed by atoms with Crippen LogP contribution in [0.2, 0.25) is 0 Å². The largest absolute Gasteiger partial charge is 0.379 e. The average Bonchev–Trinajstić information content (AvgIpc) is 2.24. The van der Waals surface area contributed by atoms with Crippen LogP contribution in [-0.4, -0.2) is 10.7 Å². The van der Waals surface area contributed by atoms with Crippen molar-refractivity contribution >= 4 is 22.6 Å². The molecule has 0 saturated heterocycles. The molecule has 0 amide bonds. The van der Waals surface area contributed by atoms with Crippen LogP contribution < -0.4 is 11.1 Å². The van der Waals surface area contributed by atoms with Crippen LogP contribution in [0.5, 0.6) is 0 Å². The van der Waals surface area contributed by atoms with Gasteiger partial charge in [-0.2, -0.15) is 0 Å². The van der Waals surface area contributed by atoms with Crippen molar-refractivity contribution in [3.63, 3.8) is 0 Å². The second-order valence-corrected chi connectivity index (χ2v) is 5.77. The van der Waals surface area contributed by atoms with E-state index in [0.717, 1.165) is 12.1 Å². The first-order valence-corrected chi connectivity index (χ1v) is 6.43. The Hall–Kier alpha value is -1.42. The van der Waals surface area contributed by atoms with E-state index in [2.05, 4.69) is 37.4 Å². The molecule has 0 spiro atoms. The van der Waals surface area contributed by atoms with E-state index in [1.54, 1.807) is 0 Å². The Bertz CT molecular complexity index is 477. The van der Waals surface area contributed by atoms with Crippen molar-refractivity contribution < 1.29 is 0 Å². The van der Waals surface area contributed by atoms with Gasteiger partial charge in [-0.25, -0.2) is 0 Å². The van der Waals surface area contributed by atoms with Gasteiger partial charge >= 0.3 is 0 Å². The van der Waals surface area contributed by atoms with Crippen LogP contribution >= 0.6 is 11.8 Å². The fourth-order valence-corrected chi connectivity index (χ4v) is 2.54. The van der Waals surface area contributed by atoms with Crippen LogP contribution in [0.15, 0.2) is 29.7 Å². The van der Waals surface area contributed by atoms with Gasteiger partial charge in [0.15, 0.2) is 5.17 Å². The minimum Gasteiger partial charge on any atom is -0.379 e. The molecule has 1 aromatic carbocycles. The Morgan fingerprint density at radius 3 is 2.88 bits per heavy atom. The third-order valence-electron chi connectivity index (χ3n) is 2.72. The Labute approximate surface area is 106 Å². The van der Waals surface area contributed by atoms with Crippen LogP contribution in [0, 0.1) is 5.41 Å². The van der Waals surface area contributed by atoms with Gasteiger partial charge in [-0.3, -0.25) is 5.41 Å². The molecular weight excluding hydrogens is 230 g/mol. The maximum absolute atomic E-state index is 7.26. The van der Waals surface area contributed by atoms with Gasteiger partial charge in [-0.15, -0.1) is 0 Å². The summed E-state index contributed by atoms with van der Waals surface area (Å²) in [7, 11) is 0. The van der Waals surface area contributed by atoms with Gasteiger partial charge in [0.1, 0.15) is 0 Å². The normalized spacial score (nSPS) is 19.5. The summed E-state index contributed by atoms with van der Waals surface area (Å²) in [5, 5.41) is 12.8. The molecule has 0 radical (unpaired) electrons. The highest BCUT2D eigenvalue weighted by Gasteiger charge is 2.26. The second kappa shape index (κ2) is 4.45. The van der Waals surface area contributed by atoms with Crippen LogP contribution in [0.25, 0.3) is 5.70 Å². The summed E-state index contributed by atoms with van der Waals surface area (Å²) >= 11 is 1.24. The zero-order chi connectivity index (χ0) is 12.5. The van der Waals surface area contributed by atoms with E-state index < -0.39 is 0 Å². The molecule has 2 rings (SSSR count). The Kier molecular flexibility index (Phi) is 3.15. The molecule has 3 nitrogen and oxygen atoms in total. The fraction of sp³-hybridized carbons (Fsp3) is 0.308. The second-order valence-electron chi connectivity index (χ2n) is 4.86. The van der Waals surface area contributed by atoms with Crippen LogP contribution in [-0.2, 0) is 6.42 Å². The van der Waals surface area contributed by atoms with Crippen molar-refractivity contribution in [1.82, 2.24) is 5.32 Å². The SMILES string of the molecule is CC1(C)Cc2ccccc2/C(=C/SC(=N)N)N1. The summed E-state index contributed by atoms with van der Waals surface area (Å²) < 4.78 is 0. The number of rotatable bonds is 1. The van der Waals surface area contributed by atoms with E-state index in [9.17, 15) is 0 Å². The number of fused-ring (bicyclic) bond motifs is 1. The molecule has 0 aliphatic carbocycles. The number of nitrogens with one attached hydrogen (secondary N) is 2. The van der Waals surface area contributed by atoms with Crippen molar-refractivity contribution in [3.05, 3.63) is 40.8 Å². The van der Waals surface area contributed by atoms with Crippen molar-refractivity contribution in [2.45, 2.75) is 25.8 Å². The first kappa shape index (κ1) is 12.0. The van der Waals surface area contributed by atoms with E-state index in [1.165, 1.54) is 22.9 Å². The van der Waals surface area contributed by atoms with Gasteiger partial charge in [0.2, 0.25) is 0 Å². The molecule has 0 atom stereocenters. The third-order valence-corrected chi connectivity index (χ3v) is 3.32. The summed E-state index contributed by atoms with van der Waals surface area (Å²) in [5.41, 5.74) is 9.01. The molecule has 1 heterocycles. The maximum Gasteiger partial charge on any atom is 0.155 e. The number of amidine groups is 1. The minimum atomic E-state index is 0.0392. The molecule has 0 unspecified atom stereocenters. The standard InChI is InChI=1S/C13H17N3S/c1-13(2)7-9-5-3-4-6-10(9)11(16-13)8-17-12(14)15/h3-6,8,16H,7H2,1-2H3,(H3,14,15)/b11-8-. The van der Waals surface area contributed by atoms with Crippen LogP contribution in [0.4, 0.5) is 0 Å². The predicted molar refractivity (Wildman–Crippen MR) is 74.8 cm³/mol. The molecule has 0 bridgehead atoms. The highest BCUT2D eigenvalue weighted by molar-refractivity contribution is 8.16. The van der Waals surface area contributed by atoms with Crippen molar-refractivity contribution in [3.8, 4) is 0 Å². The molecule has 0 fully saturated rings. The Morgan fingerprint density at radius 2 is 2.18 bits per heavy atom. The Morgan fingerprint density at radius 1 is 1.47 bits per heavy atom. The number of benzene rings is 1. The van der Waals surface area contributed by atoms with Gasteiger partial charge in [-0.05, 0) is 25.8 Å². The highest BCUT2D eigenvalue weighted by Crippen LogP contribution is 2.30. The van der Waals surface area contributed by atoms with Gasteiger partial charge in [-0.1, -0.05) is 36.0 Å². The highest BCUT2D eigenvalue weighted by atomic mass is 32.2. The number of hydrogen-bond acceptors (Lipinski definition) is 3. The van der Waals surface area contributed by atoms with Gasteiger partial charge < -0.3 is 11.1 Å². The minimum absolute atomic E-state index is 0.0392. The first-order valence-electron chi connectivity index (χ1n) is 5.55. The molecule has 4 N–H and O–H groups in total. The summed E-state index contributed by atoms with van der Waals surface area (Å²) in [6, 6.07) is 8.36. The first-order chi connectivity index (χ1) is 7.98. The lowest BCUT2D eigenvalue weighted by Crippen LogP contribution is -2.43. The molecule has 4 heteroatoms. The predicted octanol–water partition coefficient (Wildman–Crippen LogP) is 2.54. The van der Waals surface area contributed by atoms with Gasteiger partial charge in [0.05, 0.1) is 0 Å². The Balaban J connectivity index is 2.39. The molecule has 17 heavy (non-hydrogen) atoms. The molecule has 1 aliphatic heterocycles. The van der Waals surface area contributed by atoms with Crippen molar-refractivity contribution in [2.24, 2.45) is 5.73 Å². The molecule has 90 valence electrons. The summed E-state index contributed by atoms with van der Waals surface area (Å²) in [6.07, 6.45) is 1.01. The van der Waals surface area contributed by atoms with E-state index in [4.69, 9.17) is 11.1 Å². The van der Waals surface area contributed by atoms with Gasteiger partial charge in [0.25, 0.3) is 0 Å². The third kappa shape index (κ3) is 2.82. The molecular formula is C13H17N3S. The van der Waals surface area contributed by atoms with E-state index in [1.807, 2.05) is 11.5 Å². The fourth-order valence-electron chi connectivity index (χ4n) is 2.10. The maximum atomic E-state index is 7.26. The molecule has 1 aromatic rings. The lowest BCUT2D eigenvalue weighted by molar-refractivity contribution is 0.437. The van der Waals surface area contributed by atoms with Crippen molar-refractivity contribution in [2.75, 3.05) is 0 Å². The molecule has 1 aliphatic rings. The summed E-state index contributed by atoms with van der Waals surface area (Å²) in [4.78, 5) is 0. The lowest BCUT2D eigenvalue weighted by atomic mass is 9.86. The van der Waals surface area contributed by atoms with Crippen LogP contribution in [0.1, 0.15) is 25.0 Å². The van der Waals surface area contributed by atoms with E-state index >= 15 is 0 Å². The number of hydrogen-bond donors (Lipinski definition) is 3. The summed E-state index contributed by atoms with van der Waals surface area (Å²) in [6.45, 7) is 4.35. The van der Waals surface area contributed by atoms with E-state index in [-0.39, 0.29) is 10.7 Å². The van der Waals surface area contributed by atoms with E-state index in [0.29, 0.717) is 0 Å². The zero-order valence-electron chi connectivity index (χ0n) is 10.1. The topological polar surface area (TPSA) is 61.9 Å². The molecule has 0 aromatic heterocycles. The monoisotopic (exact) mass is 247 g/mol. The van der Waals surface area contributed by atoms with Gasteiger partial charge in [0, 0.05) is 22.2 Å². The average molecular weight is 247 g/mol. The smallest absolute Gasteiger partial charge is 0.155 e. The lowest BCUT2D eigenvalue weighted by Gasteiger charge is -2.35. The quantitative estimate of drug-likeness (QED) is 0.528. The number of nitrogens with two attached hydrogens (primary N) is 1. The summed E-state index contributed by atoms with van der Waals surface area (Å²) in [5.74, 6) is 0. The number of thioether (sulfide) groups is 1.